The van der Waals surface area contributed by atoms with Gasteiger partial charge in [-0.1, -0.05) is 98.8 Å². The number of hydrogen-bond acceptors (Lipinski definition) is 2. The molecule has 0 amide bonds. The Bertz CT molecular complexity index is 1040. The highest BCUT2D eigenvalue weighted by Gasteiger charge is 2.34. The Kier molecular flexibility index (Phi) is 4.85. The van der Waals surface area contributed by atoms with E-state index in [2.05, 4.69) is 13.8 Å². The van der Waals surface area contributed by atoms with Gasteiger partial charge in [-0.05, 0) is 34.4 Å². The topological polar surface area (TPSA) is 40.5 Å². The van der Waals surface area contributed by atoms with Crippen molar-refractivity contribution in [1.29, 1.82) is 0 Å². The predicted molar refractivity (Wildman–Crippen MR) is 119 cm³/mol. The standard InChI is InChI=1S/C27H24O2/c1-27(2,25-21(15-9-17-23(25)28)19-11-5-3-6-12-19)26-22(16-10-18-24(26)29)20-13-7-4-8-14-20/h3-18,28-29H,1-2H3. The molecule has 4 aromatic rings. The Morgan fingerprint density at radius 2 is 0.862 bits per heavy atom. The Morgan fingerprint density at radius 3 is 1.24 bits per heavy atom. The van der Waals surface area contributed by atoms with Gasteiger partial charge in [0.05, 0.1) is 0 Å². The summed E-state index contributed by atoms with van der Waals surface area (Å²) in [6.45, 7) is 4.10. The number of hydrogen-bond donors (Lipinski definition) is 2. The van der Waals surface area contributed by atoms with Crippen LogP contribution in [0.15, 0.2) is 97.1 Å². The molecular weight excluding hydrogens is 356 g/mol. The lowest BCUT2D eigenvalue weighted by Gasteiger charge is -2.32. The molecule has 4 aromatic carbocycles. The van der Waals surface area contributed by atoms with Gasteiger partial charge in [-0.2, -0.15) is 0 Å². The molecule has 0 bridgehead atoms. The van der Waals surface area contributed by atoms with E-state index in [9.17, 15) is 10.2 Å². The molecule has 0 atom stereocenters. The highest BCUT2D eigenvalue weighted by atomic mass is 16.3. The second-order valence-corrected chi connectivity index (χ2v) is 7.76. The lowest BCUT2D eigenvalue weighted by atomic mass is 9.71. The van der Waals surface area contributed by atoms with Crippen molar-refractivity contribution in [2.45, 2.75) is 19.3 Å². The average molecular weight is 380 g/mol. The van der Waals surface area contributed by atoms with Crippen LogP contribution in [-0.2, 0) is 5.41 Å². The summed E-state index contributed by atoms with van der Waals surface area (Å²) in [6.07, 6.45) is 0. The molecule has 2 heteroatoms. The Balaban J connectivity index is 2.00. The summed E-state index contributed by atoms with van der Waals surface area (Å²) < 4.78 is 0. The number of rotatable bonds is 4. The number of aromatic hydroxyl groups is 2. The molecule has 0 radical (unpaired) electrons. The van der Waals surface area contributed by atoms with Crippen LogP contribution in [0.4, 0.5) is 0 Å². The SMILES string of the molecule is CC(C)(c1c(O)cccc1-c1ccccc1)c1c(O)cccc1-c1ccccc1. The maximum atomic E-state index is 10.9. The fourth-order valence-corrected chi connectivity index (χ4v) is 4.24. The molecule has 29 heavy (non-hydrogen) atoms. The van der Waals surface area contributed by atoms with Crippen LogP contribution in [0.25, 0.3) is 22.3 Å². The number of benzene rings is 4. The Labute approximate surface area is 171 Å². The first-order chi connectivity index (χ1) is 14.0. The van der Waals surface area contributed by atoms with Gasteiger partial charge in [0.25, 0.3) is 0 Å². The molecule has 0 saturated carbocycles. The molecule has 2 N–H and O–H groups in total. The first kappa shape index (κ1) is 18.8. The van der Waals surface area contributed by atoms with E-state index in [4.69, 9.17) is 0 Å². The highest BCUT2D eigenvalue weighted by molar-refractivity contribution is 5.78. The van der Waals surface area contributed by atoms with Crippen LogP contribution in [0, 0.1) is 0 Å². The smallest absolute Gasteiger partial charge is 0.120 e. The van der Waals surface area contributed by atoms with E-state index in [1.807, 2.05) is 84.9 Å². The second-order valence-electron chi connectivity index (χ2n) is 7.76. The van der Waals surface area contributed by atoms with Crippen LogP contribution in [0.5, 0.6) is 11.5 Å². The van der Waals surface area contributed by atoms with E-state index < -0.39 is 5.41 Å². The molecule has 0 aliphatic heterocycles. The maximum absolute atomic E-state index is 10.9. The second kappa shape index (κ2) is 7.48. The van der Waals surface area contributed by atoms with Crippen LogP contribution in [0.3, 0.4) is 0 Å². The fraction of sp³-hybridized carbons (Fsp3) is 0.111. The van der Waals surface area contributed by atoms with E-state index in [1.54, 1.807) is 12.1 Å². The maximum Gasteiger partial charge on any atom is 0.120 e. The van der Waals surface area contributed by atoms with Gasteiger partial charge in [-0.3, -0.25) is 0 Å². The van der Waals surface area contributed by atoms with Crippen LogP contribution in [-0.4, -0.2) is 10.2 Å². The van der Waals surface area contributed by atoms with E-state index in [0.29, 0.717) is 0 Å². The highest BCUT2D eigenvalue weighted by Crippen LogP contribution is 2.48. The minimum atomic E-state index is -0.646. The third kappa shape index (κ3) is 3.38. The summed E-state index contributed by atoms with van der Waals surface area (Å²) in [4.78, 5) is 0. The molecule has 0 fully saturated rings. The zero-order valence-corrected chi connectivity index (χ0v) is 16.6. The van der Waals surface area contributed by atoms with Gasteiger partial charge in [-0.25, -0.2) is 0 Å². The first-order valence-electron chi connectivity index (χ1n) is 9.76. The zero-order valence-electron chi connectivity index (χ0n) is 16.6. The van der Waals surface area contributed by atoms with Crippen LogP contribution in [0.2, 0.25) is 0 Å². The van der Waals surface area contributed by atoms with E-state index >= 15 is 0 Å². The molecule has 0 aliphatic rings. The molecule has 0 aromatic heterocycles. The van der Waals surface area contributed by atoms with Gasteiger partial charge < -0.3 is 10.2 Å². The van der Waals surface area contributed by atoms with Crippen LogP contribution in [0.1, 0.15) is 25.0 Å². The van der Waals surface area contributed by atoms with Gasteiger partial charge in [0, 0.05) is 16.5 Å². The third-order valence-electron chi connectivity index (χ3n) is 5.50. The molecular formula is C27H24O2. The van der Waals surface area contributed by atoms with Crippen molar-refractivity contribution in [1.82, 2.24) is 0 Å². The first-order valence-corrected chi connectivity index (χ1v) is 9.76. The molecule has 0 heterocycles. The lowest BCUT2D eigenvalue weighted by molar-refractivity contribution is 0.437. The molecule has 0 aliphatic carbocycles. The van der Waals surface area contributed by atoms with Crippen molar-refractivity contribution in [3.63, 3.8) is 0 Å². The Morgan fingerprint density at radius 1 is 0.483 bits per heavy atom. The van der Waals surface area contributed by atoms with Gasteiger partial charge in [0.15, 0.2) is 0 Å². The molecule has 144 valence electrons. The lowest BCUT2D eigenvalue weighted by Crippen LogP contribution is -2.21. The Hall–Kier alpha value is -3.52. The van der Waals surface area contributed by atoms with Crippen molar-refractivity contribution in [3.8, 4) is 33.8 Å². The zero-order chi connectivity index (χ0) is 20.4. The van der Waals surface area contributed by atoms with E-state index in [-0.39, 0.29) is 11.5 Å². The largest absolute Gasteiger partial charge is 0.508 e. The van der Waals surface area contributed by atoms with Gasteiger partial charge in [0.2, 0.25) is 0 Å². The van der Waals surface area contributed by atoms with Crippen molar-refractivity contribution < 1.29 is 10.2 Å². The van der Waals surface area contributed by atoms with Crippen molar-refractivity contribution >= 4 is 0 Å². The summed E-state index contributed by atoms with van der Waals surface area (Å²) >= 11 is 0. The molecule has 4 rings (SSSR count). The van der Waals surface area contributed by atoms with Crippen molar-refractivity contribution in [2.75, 3.05) is 0 Å². The molecule has 2 nitrogen and oxygen atoms in total. The molecule has 0 unspecified atom stereocenters. The third-order valence-corrected chi connectivity index (χ3v) is 5.50. The van der Waals surface area contributed by atoms with Crippen LogP contribution < -0.4 is 0 Å². The van der Waals surface area contributed by atoms with Crippen molar-refractivity contribution in [2.24, 2.45) is 0 Å². The minimum Gasteiger partial charge on any atom is -0.508 e. The summed E-state index contributed by atoms with van der Waals surface area (Å²) in [5.74, 6) is 0.442. The molecule has 0 saturated heterocycles. The van der Waals surface area contributed by atoms with Gasteiger partial charge in [-0.15, -0.1) is 0 Å². The van der Waals surface area contributed by atoms with Gasteiger partial charge in [0.1, 0.15) is 11.5 Å². The normalized spacial score (nSPS) is 11.4. The van der Waals surface area contributed by atoms with E-state index in [0.717, 1.165) is 33.4 Å². The summed E-state index contributed by atoms with van der Waals surface area (Å²) in [5, 5.41) is 21.8. The number of phenols is 2. The summed E-state index contributed by atoms with van der Waals surface area (Å²) in [6, 6.07) is 31.3. The van der Waals surface area contributed by atoms with Crippen molar-refractivity contribution in [3.05, 3.63) is 108 Å². The quantitative estimate of drug-likeness (QED) is 0.411. The molecule has 0 spiro atoms. The summed E-state index contributed by atoms with van der Waals surface area (Å²) in [5.41, 5.74) is 4.92. The van der Waals surface area contributed by atoms with Crippen LogP contribution >= 0.6 is 0 Å². The predicted octanol–water partition coefficient (Wildman–Crippen LogP) is 6.76. The fourth-order valence-electron chi connectivity index (χ4n) is 4.24. The summed E-state index contributed by atoms with van der Waals surface area (Å²) in [7, 11) is 0. The average Bonchev–Trinajstić information content (AvgIpc) is 2.74. The van der Waals surface area contributed by atoms with Gasteiger partial charge >= 0.3 is 0 Å². The monoisotopic (exact) mass is 380 g/mol. The number of phenolic OH excluding ortho intramolecular Hbond substituents is 2. The van der Waals surface area contributed by atoms with E-state index in [1.165, 1.54) is 0 Å². The minimum absolute atomic E-state index is 0.221.